The van der Waals surface area contributed by atoms with Gasteiger partial charge < -0.3 is 10.6 Å². The second-order valence-corrected chi connectivity index (χ2v) is 4.89. The van der Waals surface area contributed by atoms with Crippen molar-refractivity contribution < 1.29 is 4.79 Å². The Bertz CT molecular complexity index is 569. The summed E-state index contributed by atoms with van der Waals surface area (Å²) in [6.45, 7) is 3.30. The maximum absolute atomic E-state index is 11.7. The smallest absolute Gasteiger partial charge is 0.319 e. The number of rotatable bonds is 5. The quantitative estimate of drug-likeness (QED) is 0.832. The maximum Gasteiger partial charge on any atom is 0.319 e. The molecule has 1 aromatic heterocycles. The van der Waals surface area contributed by atoms with Crippen LogP contribution in [0.1, 0.15) is 12.0 Å². The van der Waals surface area contributed by atoms with Gasteiger partial charge in [-0.1, -0.05) is 17.7 Å². The Morgan fingerprint density at radius 2 is 2.30 bits per heavy atom. The standard InChI is InChI=1S/C14H17ClN4O/c1-11-4-5-13(12(15)10-11)18-14(20)16-6-2-8-19-9-3-7-17-19/h3-5,7,9-10H,2,6,8H2,1H3,(H2,16,18,20). The molecule has 20 heavy (non-hydrogen) atoms. The highest BCUT2D eigenvalue weighted by Gasteiger charge is 2.04. The molecule has 5 nitrogen and oxygen atoms in total. The molecule has 0 bridgehead atoms. The zero-order valence-electron chi connectivity index (χ0n) is 11.3. The molecule has 6 heteroatoms. The molecule has 0 radical (unpaired) electrons. The molecule has 0 aliphatic carbocycles. The van der Waals surface area contributed by atoms with Crippen molar-refractivity contribution in [2.45, 2.75) is 19.9 Å². The number of aryl methyl sites for hydroxylation is 2. The summed E-state index contributed by atoms with van der Waals surface area (Å²) in [6, 6.07) is 7.13. The van der Waals surface area contributed by atoms with Crippen molar-refractivity contribution in [3.8, 4) is 0 Å². The Morgan fingerprint density at radius 1 is 1.45 bits per heavy atom. The minimum atomic E-state index is -0.254. The number of urea groups is 1. The molecular weight excluding hydrogens is 276 g/mol. The lowest BCUT2D eigenvalue weighted by atomic mass is 10.2. The van der Waals surface area contributed by atoms with E-state index < -0.39 is 0 Å². The van der Waals surface area contributed by atoms with Crippen molar-refractivity contribution in [1.82, 2.24) is 15.1 Å². The molecule has 1 aromatic carbocycles. The largest absolute Gasteiger partial charge is 0.338 e. The Hall–Kier alpha value is -2.01. The van der Waals surface area contributed by atoms with Gasteiger partial charge >= 0.3 is 6.03 Å². The molecule has 2 rings (SSSR count). The van der Waals surface area contributed by atoms with Crippen molar-refractivity contribution >= 4 is 23.3 Å². The number of nitrogens with one attached hydrogen (secondary N) is 2. The Kier molecular flexibility index (Phi) is 5.01. The van der Waals surface area contributed by atoms with E-state index in [9.17, 15) is 4.79 Å². The summed E-state index contributed by atoms with van der Waals surface area (Å²) < 4.78 is 1.83. The predicted molar refractivity (Wildman–Crippen MR) is 80.1 cm³/mol. The first-order valence-corrected chi connectivity index (χ1v) is 6.81. The van der Waals surface area contributed by atoms with E-state index in [2.05, 4.69) is 15.7 Å². The summed E-state index contributed by atoms with van der Waals surface area (Å²) in [5.74, 6) is 0. The van der Waals surface area contributed by atoms with Crippen molar-refractivity contribution in [3.63, 3.8) is 0 Å². The molecule has 0 aliphatic heterocycles. The molecule has 2 N–H and O–H groups in total. The van der Waals surface area contributed by atoms with E-state index in [1.54, 1.807) is 12.3 Å². The summed E-state index contributed by atoms with van der Waals surface area (Å²) in [6.07, 6.45) is 4.45. The van der Waals surface area contributed by atoms with Crippen LogP contribution in [0.4, 0.5) is 10.5 Å². The lowest BCUT2D eigenvalue weighted by molar-refractivity contribution is 0.251. The monoisotopic (exact) mass is 292 g/mol. The summed E-state index contributed by atoms with van der Waals surface area (Å²) >= 11 is 6.05. The van der Waals surface area contributed by atoms with Gasteiger partial charge in [0.05, 0.1) is 10.7 Å². The van der Waals surface area contributed by atoms with Crippen LogP contribution >= 0.6 is 11.6 Å². The number of carbonyl (C=O) groups excluding carboxylic acids is 1. The van der Waals surface area contributed by atoms with Crippen LogP contribution in [0, 0.1) is 6.92 Å². The lowest BCUT2D eigenvalue weighted by Crippen LogP contribution is -2.30. The molecule has 0 fully saturated rings. The topological polar surface area (TPSA) is 59.0 Å². The third kappa shape index (κ3) is 4.28. The van der Waals surface area contributed by atoms with Crippen LogP contribution in [0.15, 0.2) is 36.7 Å². The second kappa shape index (κ2) is 6.96. The number of halogens is 1. The first-order valence-electron chi connectivity index (χ1n) is 6.43. The van der Waals surface area contributed by atoms with Gasteiger partial charge in [-0.15, -0.1) is 0 Å². The third-order valence-electron chi connectivity index (χ3n) is 2.78. The van der Waals surface area contributed by atoms with Gasteiger partial charge in [0, 0.05) is 25.5 Å². The number of anilines is 1. The van der Waals surface area contributed by atoms with E-state index in [0.717, 1.165) is 18.5 Å². The van der Waals surface area contributed by atoms with Gasteiger partial charge in [0.15, 0.2) is 0 Å². The molecule has 0 atom stereocenters. The van der Waals surface area contributed by atoms with E-state index in [1.807, 2.05) is 36.0 Å². The Balaban J connectivity index is 1.72. The van der Waals surface area contributed by atoms with Gasteiger partial charge in [0.2, 0.25) is 0 Å². The molecule has 0 aliphatic rings. The Labute approximate surface area is 122 Å². The number of aromatic nitrogens is 2. The van der Waals surface area contributed by atoms with Crippen LogP contribution in [0.3, 0.4) is 0 Å². The van der Waals surface area contributed by atoms with Crippen LogP contribution < -0.4 is 10.6 Å². The fourth-order valence-electron chi connectivity index (χ4n) is 1.76. The molecule has 106 valence electrons. The van der Waals surface area contributed by atoms with Gasteiger partial charge in [0.25, 0.3) is 0 Å². The summed E-state index contributed by atoms with van der Waals surface area (Å²) in [5.41, 5.74) is 1.67. The molecule has 2 amide bonds. The van der Waals surface area contributed by atoms with Crippen molar-refractivity contribution in [2.75, 3.05) is 11.9 Å². The number of benzene rings is 1. The number of hydrogen-bond acceptors (Lipinski definition) is 2. The van der Waals surface area contributed by atoms with Crippen LogP contribution in [0.5, 0.6) is 0 Å². The highest BCUT2D eigenvalue weighted by Crippen LogP contribution is 2.22. The number of carbonyl (C=O) groups is 1. The van der Waals surface area contributed by atoms with Crippen molar-refractivity contribution in [2.24, 2.45) is 0 Å². The highest BCUT2D eigenvalue weighted by atomic mass is 35.5. The summed E-state index contributed by atoms with van der Waals surface area (Å²) in [7, 11) is 0. The summed E-state index contributed by atoms with van der Waals surface area (Å²) in [4.78, 5) is 11.7. The van der Waals surface area contributed by atoms with Crippen molar-refractivity contribution in [1.29, 1.82) is 0 Å². The average Bonchev–Trinajstić information content (AvgIpc) is 2.91. The summed E-state index contributed by atoms with van der Waals surface area (Å²) in [5, 5.41) is 10.1. The number of amides is 2. The van der Waals surface area contributed by atoms with Gasteiger partial charge in [-0.05, 0) is 37.1 Å². The molecule has 0 unspecified atom stereocenters. The predicted octanol–water partition coefficient (Wildman–Crippen LogP) is 3.06. The fraction of sp³-hybridized carbons (Fsp3) is 0.286. The minimum absolute atomic E-state index is 0.254. The van der Waals surface area contributed by atoms with Crippen molar-refractivity contribution in [3.05, 3.63) is 47.2 Å². The molecular formula is C14H17ClN4O. The zero-order chi connectivity index (χ0) is 14.4. The fourth-order valence-corrected chi connectivity index (χ4v) is 2.05. The number of nitrogens with zero attached hydrogens (tertiary/aromatic N) is 2. The van der Waals surface area contributed by atoms with Crippen LogP contribution in [0.25, 0.3) is 0 Å². The normalized spacial score (nSPS) is 10.3. The van der Waals surface area contributed by atoms with E-state index in [4.69, 9.17) is 11.6 Å². The average molecular weight is 293 g/mol. The number of hydrogen-bond donors (Lipinski definition) is 2. The van der Waals surface area contributed by atoms with Crippen LogP contribution in [0.2, 0.25) is 5.02 Å². The molecule has 0 spiro atoms. The maximum atomic E-state index is 11.7. The SMILES string of the molecule is Cc1ccc(NC(=O)NCCCn2cccn2)c(Cl)c1. The molecule has 0 saturated carbocycles. The minimum Gasteiger partial charge on any atom is -0.338 e. The van der Waals surface area contributed by atoms with E-state index in [-0.39, 0.29) is 6.03 Å². The van der Waals surface area contributed by atoms with Crippen LogP contribution in [-0.4, -0.2) is 22.4 Å². The van der Waals surface area contributed by atoms with E-state index in [0.29, 0.717) is 17.3 Å². The first-order chi connectivity index (χ1) is 9.65. The third-order valence-corrected chi connectivity index (χ3v) is 3.09. The van der Waals surface area contributed by atoms with Gasteiger partial charge in [-0.25, -0.2) is 4.79 Å². The second-order valence-electron chi connectivity index (χ2n) is 4.49. The lowest BCUT2D eigenvalue weighted by Gasteiger charge is -2.09. The zero-order valence-corrected chi connectivity index (χ0v) is 12.0. The molecule has 0 saturated heterocycles. The van der Waals surface area contributed by atoms with Gasteiger partial charge in [-0.2, -0.15) is 5.10 Å². The Morgan fingerprint density at radius 3 is 3.00 bits per heavy atom. The molecule has 1 heterocycles. The molecule has 2 aromatic rings. The first kappa shape index (κ1) is 14.4. The van der Waals surface area contributed by atoms with E-state index >= 15 is 0 Å². The van der Waals surface area contributed by atoms with Crippen LogP contribution in [-0.2, 0) is 6.54 Å². The highest BCUT2D eigenvalue weighted by molar-refractivity contribution is 6.33. The van der Waals surface area contributed by atoms with Gasteiger partial charge in [-0.3, -0.25) is 4.68 Å². The van der Waals surface area contributed by atoms with Gasteiger partial charge in [0.1, 0.15) is 0 Å². The van der Waals surface area contributed by atoms with E-state index in [1.165, 1.54) is 0 Å².